The molecule has 0 bridgehead atoms. The summed E-state index contributed by atoms with van der Waals surface area (Å²) in [7, 11) is 0. The van der Waals surface area contributed by atoms with E-state index in [0.717, 1.165) is 33.0 Å². The van der Waals surface area contributed by atoms with Crippen LogP contribution in [0.3, 0.4) is 0 Å². The molecular formula is C20H12N2O3. The second-order valence-corrected chi connectivity index (χ2v) is 5.98. The fourth-order valence-corrected chi connectivity index (χ4v) is 3.33. The van der Waals surface area contributed by atoms with Crippen molar-refractivity contribution in [2.75, 3.05) is 0 Å². The number of hydrogen-bond donors (Lipinski definition) is 0. The van der Waals surface area contributed by atoms with Crippen LogP contribution in [0.15, 0.2) is 77.5 Å². The molecule has 0 fully saturated rings. The summed E-state index contributed by atoms with van der Waals surface area (Å²) < 4.78 is 7.82. The number of hydrogen-bond acceptors (Lipinski definition) is 3. The molecule has 0 radical (unpaired) electrons. The van der Waals surface area contributed by atoms with E-state index in [1.807, 2.05) is 59.3 Å². The molecule has 25 heavy (non-hydrogen) atoms. The van der Waals surface area contributed by atoms with Crippen LogP contribution in [0.1, 0.15) is 0 Å². The molecule has 5 heteroatoms. The average Bonchev–Trinajstić information content (AvgIpc) is 3.21. The summed E-state index contributed by atoms with van der Waals surface area (Å²) in [5.74, 6) is 0. The molecule has 0 amide bonds. The highest BCUT2D eigenvalue weighted by atomic mass is 16.6. The lowest BCUT2D eigenvalue weighted by atomic mass is 10.1. The maximum absolute atomic E-state index is 11.2. The highest BCUT2D eigenvalue weighted by molar-refractivity contribution is 6.05. The first kappa shape index (κ1) is 13.8. The summed E-state index contributed by atoms with van der Waals surface area (Å²) in [6.07, 6.45) is 3.68. The zero-order valence-corrected chi connectivity index (χ0v) is 13.0. The third-order valence-electron chi connectivity index (χ3n) is 4.52. The van der Waals surface area contributed by atoms with Crippen molar-refractivity contribution in [3.63, 3.8) is 0 Å². The largest absolute Gasteiger partial charge is 0.456 e. The number of non-ortho nitro benzene ring substituents is 1. The van der Waals surface area contributed by atoms with Crippen molar-refractivity contribution >= 4 is 38.4 Å². The molecule has 2 aromatic heterocycles. The van der Waals surface area contributed by atoms with E-state index in [4.69, 9.17) is 4.42 Å². The Hall–Kier alpha value is -3.60. The smallest absolute Gasteiger partial charge is 0.278 e. The van der Waals surface area contributed by atoms with E-state index in [0.29, 0.717) is 5.39 Å². The van der Waals surface area contributed by atoms with E-state index >= 15 is 0 Å². The van der Waals surface area contributed by atoms with Crippen molar-refractivity contribution in [3.8, 4) is 5.69 Å². The summed E-state index contributed by atoms with van der Waals surface area (Å²) in [6.45, 7) is 0. The molecule has 5 nitrogen and oxygen atoms in total. The summed E-state index contributed by atoms with van der Waals surface area (Å²) in [5, 5.41) is 14.8. The Kier molecular flexibility index (Phi) is 2.73. The molecule has 0 saturated heterocycles. The van der Waals surface area contributed by atoms with Gasteiger partial charge in [0, 0.05) is 46.4 Å². The molecule has 0 saturated carbocycles. The van der Waals surface area contributed by atoms with Gasteiger partial charge in [-0.25, -0.2) is 0 Å². The Morgan fingerprint density at radius 1 is 0.840 bits per heavy atom. The molecule has 0 atom stereocenters. The number of benzene rings is 3. The summed E-state index contributed by atoms with van der Waals surface area (Å²) in [4.78, 5) is 10.9. The van der Waals surface area contributed by atoms with Crippen molar-refractivity contribution in [2.45, 2.75) is 0 Å². The second kappa shape index (κ2) is 4.95. The average molecular weight is 328 g/mol. The Balaban J connectivity index is 1.72. The van der Waals surface area contributed by atoms with Crippen LogP contribution in [0.25, 0.3) is 38.4 Å². The zero-order valence-electron chi connectivity index (χ0n) is 13.0. The molecule has 0 N–H and O–H groups in total. The van der Waals surface area contributed by atoms with E-state index in [-0.39, 0.29) is 10.6 Å². The molecule has 0 aliphatic carbocycles. The van der Waals surface area contributed by atoms with Gasteiger partial charge in [0.05, 0.1) is 10.3 Å². The van der Waals surface area contributed by atoms with Crippen LogP contribution in [-0.4, -0.2) is 9.49 Å². The van der Waals surface area contributed by atoms with Crippen LogP contribution < -0.4 is 0 Å². The molecule has 0 aliphatic heterocycles. The predicted molar refractivity (Wildman–Crippen MR) is 97.2 cm³/mol. The van der Waals surface area contributed by atoms with E-state index in [1.54, 1.807) is 12.3 Å². The van der Waals surface area contributed by atoms with Crippen LogP contribution in [0, 0.1) is 10.1 Å². The maximum Gasteiger partial charge on any atom is 0.278 e. The topological polar surface area (TPSA) is 61.2 Å². The van der Waals surface area contributed by atoms with Crippen LogP contribution in [0.4, 0.5) is 5.69 Å². The molecular weight excluding hydrogens is 316 g/mol. The number of rotatable bonds is 2. The fraction of sp³-hybridized carbons (Fsp3) is 0. The van der Waals surface area contributed by atoms with Gasteiger partial charge < -0.3 is 8.98 Å². The molecule has 0 aliphatic rings. The van der Waals surface area contributed by atoms with Crippen molar-refractivity contribution in [2.24, 2.45) is 0 Å². The molecule has 2 heterocycles. The Morgan fingerprint density at radius 3 is 2.56 bits per heavy atom. The zero-order chi connectivity index (χ0) is 17.0. The monoisotopic (exact) mass is 328 g/mol. The quantitative estimate of drug-likeness (QED) is 0.320. The third-order valence-corrected chi connectivity index (χ3v) is 4.52. The Morgan fingerprint density at radius 2 is 1.68 bits per heavy atom. The molecule has 3 aromatic carbocycles. The molecule has 5 rings (SSSR count). The summed E-state index contributed by atoms with van der Waals surface area (Å²) >= 11 is 0. The third kappa shape index (κ3) is 2.03. The molecule has 120 valence electrons. The summed E-state index contributed by atoms with van der Waals surface area (Å²) in [6, 6.07) is 19.0. The number of nitro groups is 1. The minimum Gasteiger partial charge on any atom is -0.456 e. The Labute approximate surface area is 141 Å². The lowest BCUT2D eigenvalue weighted by Crippen LogP contribution is -1.89. The Bertz CT molecular complexity index is 1280. The van der Waals surface area contributed by atoms with Gasteiger partial charge in [0.2, 0.25) is 0 Å². The predicted octanol–water partition coefficient (Wildman–Crippen LogP) is 5.44. The first-order valence-corrected chi connectivity index (χ1v) is 7.87. The fourth-order valence-electron chi connectivity index (χ4n) is 3.33. The minimum atomic E-state index is -0.352. The van der Waals surface area contributed by atoms with E-state index in [9.17, 15) is 10.1 Å². The highest BCUT2D eigenvalue weighted by Crippen LogP contribution is 2.32. The number of furan rings is 1. The number of nitro benzene ring substituents is 1. The van der Waals surface area contributed by atoms with Gasteiger partial charge in [-0.2, -0.15) is 0 Å². The van der Waals surface area contributed by atoms with Crippen molar-refractivity contribution in [1.29, 1.82) is 0 Å². The van der Waals surface area contributed by atoms with Crippen molar-refractivity contribution in [1.82, 2.24) is 4.57 Å². The van der Waals surface area contributed by atoms with Gasteiger partial charge in [-0.1, -0.05) is 30.3 Å². The van der Waals surface area contributed by atoms with Crippen LogP contribution in [-0.2, 0) is 0 Å². The number of aromatic nitrogens is 1. The van der Waals surface area contributed by atoms with Crippen LogP contribution >= 0.6 is 0 Å². The second-order valence-electron chi connectivity index (χ2n) is 5.98. The standard InChI is InChI=1S/C20H12N2O3/c23-22(24)18-6-3-4-13-11-21(12-17(13)18)14-8-9-16-15-5-1-2-7-19(15)25-20(16)10-14/h1-12H. The lowest BCUT2D eigenvalue weighted by Gasteiger charge is -2.01. The van der Waals surface area contributed by atoms with Crippen molar-refractivity contribution in [3.05, 3.63) is 83.2 Å². The van der Waals surface area contributed by atoms with E-state index in [1.165, 1.54) is 6.07 Å². The van der Waals surface area contributed by atoms with Crippen LogP contribution in [0.2, 0.25) is 0 Å². The van der Waals surface area contributed by atoms with Gasteiger partial charge >= 0.3 is 0 Å². The highest BCUT2D eigenvalue weighted by Gasteiger charge is 2.14. The van der Waals surface area contributed by atoms with Crippen LogP contribution in [0.5, 0.6) is 0 Å². The maximum atomic E-state index is 11.2. The van der Waals surface area contributed by atoms with E-state index < -0.39 is 0 Å². The van der Waals surface area contributed by atoms with Gasteiger partial charge in [-0.05, 0) is 18.2 Å². The first-order valence-electron chi connectivity index (χ1n) is 7.87. The van der Waals surface area contributed by atoms with Gasteiger partial charge in [0.1, 0.15) is 11.2 Å². The summed E-state index contributed by atoms with van der Waals surface area (Å²) in [5.41, 5.74) is 2.66. The molecule has 0 spiro atoms. The minimum absolute atomic E-state index is 0.112. The van der Waals surface area contributed by atoms with Gasteiger partial charge in [-0.15, -0.1) is 0 Å². The van der Waals surface area contributed by atoms with Gasteiger partial charge in [-0.3, -0.25) is 10.1 Å². The molecule has 5 aromatic rings. The van der Waals surface area contributed by atoms with Crippen molar-refractivity contribution < 1.29 is 9.34 Å². The lowest BCUT2D eigenvalue weighted by molar-refractivity contribution is -0.383. The normalized spacial score (nSPS) is 11.5. The number of para-hydroxylation sites is 1. The first-order chi connectivity index (χ1) is 12.2. The number of fused-ring (bicyclic) bond motifs is 4. The molecule has 0 unspecified atom stereocenters. The SMILES string of the molecule is O=[N+]([O-])c1cccc2cn(-c3ccc4c(c3)oc3ccccc34)cc12. The van der Waals surface area contributed by atoms with E-state index in [2.05, 4.69) is 0 Å². The van der Waals surface area contributed by atoms with Gasteiger partial charge in [0.15, 0.2) is 0 Å². The van der Waals surface area contributed by atoms with Gasteiger partial charge in [0.25, 0.3) is 5.69 Å². The number of nitrogens with zero attached hydrogens (tertiary/aromatic N) is 2.